The van der Waals surface area contributed by atoms with Gasteiger partial charge >= 0.3 is 6.09 Å². The summed E-state index contributed by atoms with van der Waals surface area (Å²) < 4.78 is 45.7. The molecule has 29 heavy (non-hydrogen) atoms. The van der Waals surface area contributed by atoms with E-state index in [0.29, 0.717) is 16.6 Å². The molecule has 0 saturated heterocycles. The van der Waals surface area contributed by atoms with Crippen LogP contribution in [0.5, 0.6) is 0 Å². The Morgan fingerprint density at radius 1 is 1.14 bits per heavy atom. The van der Waals surface area contributed by atoms with Gasteiger partial charge in [-0.2, -0.15) is 0 Å². The molecule has 1 aromatic heterocycles. The lowest BCUT2D eigenvalue weighted by atomic mass is 10.2. The second-order valence-corrected chi connectivity index (χ2v) is 7.87. The fourth-order valence-electron chi connectivity index (χ4n) is 2.80. The molecule has 0 saturated carbocycles. The van der Waals surface area contributed by atoms with Crippen molar-refractivity contribution >= 4 is 38.6 Å². The van der Waals surface area contributed by atoms with Gasteiger partial charge in [0.25, 0.3) is 10.0 Å². The molecule has 3 rings (SSSR count). The number of anilines is 1. The SMILES string of the molecule is COC(=O)NS(=O)(=O)c1ccc(NC(=O)[C@H](C)n2ccc3cccc(F)c32)cc1.[HH].[HH]. The van der Waals surface area contributed by atoms with Crippen LogP contribution in [0.25, 0.3) is 10.9 Å². The van der Waals surface area contributed by atoms with Gasteiger partial charge < -0.3 is 14.6 Å². The normalized spacial score (nSPS) is 12.4. The Labute approximate surface area is 169 Å². The van der Waals surface area contributed by atoms with Crippen molar-refractivity contribution in [2.45, 2.75) is 17.9 Å². The van der Waals surface area contributed by atoms with Crippen LogP contribution in [-0.4, -0.2) is 32.1 Å². The van der Waals surface area contributed by atoms with E-state index < -0.39 is 33.9 Å². The van der Waals surface area contributed by atoms with E-state index in [1.807, 2.05) is 0 Å². The zero-order valence-electron chi connectivity index (χ0n) is 15.5. The third-order valence-electron chi connectivity index (χ3n) is 4.32. The van der Waals surface area contributed by atoms with Gasteiger partial charge in [0.2, 0.25) is 5.91 Å². The largest absolute Gasteiger partial charge is 0.452 e. The molecule has 10 heteroatoms. The molecule has 156 valence electrons. The molecule has 0 aliphatic carbocycles. The Balaban J connectivity index is 0.00000240. The minimum Gasteiger partial charge on any atom is -0.452 e. The standard InChI is InChI=1S/C19H18FN3O5S.2H2/c1-12(23-11-10-13-4-3-5-16(20)17(13)23)18(24)21-14-6-8-15(9-7-14)29(26,27)22-19(25)28-2;;/h3-12H,1-2H3,(H,21,24)(H,22,25);2*1H/t12-;;/m0../s1. The van der Waals surface area contributed by atoms with Gasteiger partial charge in [-0.15, -0.1) is 0 Å². The van der Waals surface area contributed by atoms with Gasteiger partial charge in [0.15, 0.2) is 0 Å². The molecule has 0 unspecified atom stereocenters. The Hall–Kier alpha value is -3.40. The molecule has 0 fully saturated rings. The highest BCUT2D eigenvalue weighted by atomic mass is 32.2. The van der Waals surface area contributed by atoms with Crippen molar-refractivity contribution in [3.8, 4) is 0 Å². The van der Waals surface area contributed by atoms with Gasteiger partial charge in [0.05, 0.1) is 17.5 Å². The molecule has 1 heterocycles. The van der Waals surface area contributed by atoms with Crippen LogP contribution in [0.2, 0.25) is 0 Å². The van der Waals surface area contributed by atoms with Crippen LogP contribution in [0.1, 0.15) is 15.8 Å². The summed E-state index contributed by atoms with van der Waals surface area (Å²) in [6.45, 7) is 1.63. The fraction of sp³-hybridized carbons (Fsp3) is 0.158. The van der Waals surface area contributed by atoms with Gasteiger partial charge in [-0.3, -0.25) is 4.79 Å². The molecule has 0 spiro atoms. The summed E-state index contributed by atoms with van der Waals surface area (Å²) in [4.78, 5) is 23.5. The number of nitrogens with zero attached hydrogens (tertiary/aromatic N) is 1. The van der Waals surface area contributed by atoms with Gasteiger partial charge in [-0.05, 0) is 43.3 Å². The average Bonchev–Trinajstić information content (AvgIpc) is 3.13. The number of amides is 2. The van der Waals surface area contributed by atoms with E-state index in [9.17, 15) is 22.4 Å². The van der Waals surface area contributed by atoms with E-state index in [2.05, 4.69) is 10.1 Å². The summed E-state index contributed by atoms with van der Waals surface area (Å²) in [5.74, 6) is -0.839. The van der Waals surface area contributed by atoms with Crippen LogP contribution < -0.4 is 10.0 Å². The average molecular weight is 423 g/mol. The van der Waals surface area contributed by atoms with E-state index in [1.165, 1.54) is 34.9 Å². The van der Waals surface area contributed by atoms with Crippen LogP contribution in [0.15, 0.2) is 59.6 Å². The first-order valence-electron chi connectivity index (χ1n) is 8.49. The number of hydrogen-bond donors (Lipinski definition) is 2. The van der Waals surface area contributed by atoms with Crippen molar-refractivity contribution in [1.29, 1.82) is 0 Å². The van der Waals surface area contributed by atoms with Crippen molar-refractivity contribution < 1.29 is 30.0 Å². The van der Waals surface area contributed by atoms with Crippen LogP contribution in [0.4, 0.5) is 14.9 Å². The van der Waals surface area contributed by atoms with Gasteiger partial charge in [0, 0.05) is 20.1 Å². The van der Waals surface area contributed by atoms with Crippen LogP contribution in [0.3, 0.4) is 0 Å². The van der Waals surface area contributed by atoms with Crippen LogP contribution >= 0.6 is 0 Å². The quantitative estimate of drug-likeness (QED) is 0.653. The lowest BCUT2D eigenvalue weighted by molar-refractivity contribution is -0.118. The molecule has 2 aromatic carbocycles. The summed E-state index contributed by atoms with van der Waals surface area (Å²) in [6, 6.07) is 10.9. The molecule has 0 aliphatic heterocycles. The summed E-state index contributed by atoms with van der Waals surface area (Å²) in [7, 11) is -3.03. The minimum atomic E-state index is -4.08. The summed E-state index contributed by atoms with van der Waals surface area (Å²) in [5.41, 5.74) is 0.668. The number of carbonyl (C=O) groups excluding carboxylic acids is 2. The number of aromatic nitrogens is 1. The Morgan fingerprint density at radius 3 is 2.48 bits per heavy atom. The van der Waals surface area contributed by atoms with Crippen molar-refractivity contribution in [2.75, 3.05) is 12.4 Å². The van der Waals surface area contributed by atoms with E-state index in [4.69, 9.17) is 0 Å². The first kappa shape index (κ1) is 20.3. The van der Waals surface area contributed by atoms with Crippen molar-refractivity contribution in [1.82, 2.24) is 9.29 Å². The van der Waals surface area contributed by atoms with Crippen LogP contribution in [-0.2, 0) is 19.6 Å². The fourth-order valence-corrected chi connectivity index (χ4v) is 3.71. The summed E-state index contributed by atoms with van der Waals surface area (Å²) in [6.07, 6.45) is 0.522. The van der Waals surface area contributed by atoms with Gasteiger partial charge in [0.1, 0.15) is 11.9 Å². The van der Waals surface area contributed by atoms with Crippen molar-refractivity contribution in [3.05, 3.63) is 60.5 Å². The van der Waals surface area contributed by atoms with E-state index in [-0.39, 0.29) is 7.75 Å². The predicted molar refractivity (Wildman–Crippen MR) is 109 cm³/mol. The number of ether oxygens (including phenoxy) is 1. The maximum absolute atomic E-state index is 14.2. The predicted octanol–water partition coefficient (Wildman–Crippen LogP) is 3.52. The smallest absolute Gasteiger partial charge is 0.420 e. The molecule has 2 N–H and O–H groups in total. The maximum Gasteiger partial charge on any atom is 0.420 e. The second-order valence-electron chi connectivity index (χ2n) is 6.19. The first-order chi connectivity index (χ1) is 13.7. The molecule has 0 bridgehead atoms. The van der Waals surface area contributed by atoms with E-state index in [0.717, 1.165) is 7.11 Å². The monoisotopic (exact) mass is 423 g/mol. The molecule has 0 radical (unpaired) electrons. The van der Waals surface area contributed by atoms with Gasteiger partial charge in [-0.1, -0.05) is 12.1 Å². The van der Waals surface area contributed by atoms with Crippen molar-refractivity contribution in [2.24, 2.45) is 0 Å². The number of benzene rings is 2. The zero-order valence-corrected chi connectivity index (χ0v) is 16.4. The van der Waals surface area contributed by atoms with Crippen LogP contribution in [0, 0.1) is 5.82 Å². The third-order valence-corrected chi connectivity index (χ3v) is 5.65. The summed E-state index contributed by atoms with van der Waals surface area (Å²) in [5, 5.41) is 3.33. The summed E-state index contributed by atoms with van der Waals surface area (Å²) >= 11 is 0. The molecular formula is C19H22FN3O5S. The second kappa shape index (κ2) is 7.92. The highest BCUT2D eigenvalue weighted by Crippen LogP contribution is 2.24. The molecule has 8 nitrogen and oxygen atoms in total. The Morgan fingerprint density at radius 2 is 1.83 bits per heavy atom. The molecule has 1 atom stereocenters. The Bertz CT molecular complexity index is 1180. The highest BCUT2D eigenvalue weighted by Gasteiger charge is 2.20. The third kappa shape index (κ3) is 4.21. The lowest BCUT2D eigenvalue weighted by Gasteiger charge is -2.16. The van der Waals surface area contributed by atoms with E-state index >= 15 is 0 Å². The first-order valence-corrected chi connectivity index (χ1v) is 9.98. The lowest BCUT2D eigenvalue weighted by Crippen LogP contribution is -2.30. The number of sulfonamides is 1. The topological polar surface area (TPSA) is 106 Å². The van der Waals surface area contributed by atoms with Gasteiger partial charge in [-0.25, -0.2) is 22.3 Å². The number of para-hydroxylation sites is 1. The number of fused-ring (bicyclic) bond motifs is 1. The molecular weight excluding hydrogens is 401 g/mol. The number of halogens is 1. The zero-order chi connectivity index (χ0) is 21.2. The van der Waals surface area contributed by atoms with E-state index in [1.54, 1.807) is 36.0 Å². The number of methoxy groups -OCH3 is 1. The number of carbonyl (C=O) groups is 2. The maximum atomic E-state index is 14.2. The number of rotatable bonds is 5. The highest BCUT2D eigenvalue weighted by molar-refractivity contribution is 7.90. The number of hydrogen-bond acceptors (Lipinski definition) is 5. The Kier molecular flexibility index (Phi) is 5.55. The van der Waals surface area contributed by atoms with Crippen molar-refractivity contribution in [3.63, 3.8) is 0 Å². The molecule has 0 aliphatic rings. The molecule has 2 amide bonds. The number of nitrogens with one attached hydrogen (secondary N) is 2. The molecule has 3 aromatic rings. The minimum absolute atomic E-state index is 0.